The second-order valence-electron chi connectivity index (χ2n) is 4.34. The van der Waals surface area contributed by atoms with Crippen LogP contribution in [0.3, 0.4) is 0 Å². The molecule has 0 aromatic heterocycles. The third-order valence-electron chi connectivity index (χ3n) is 2.67. The van der Waals surface area contributed by atoms with E-state index < -0.39 is 10.0 Å². The third-order valence-corrected chi connectivity index (χ3v) is 4.62. The van der Waals surface area contributed by atoms with Crippen LogP contribution in [0, 0.1) is 6.92 Å². The number of hydrogen-bond donors (Lipinski definition) is 1. The lowest BCUT2D eigenvalue weighted by Gasteiger charge is -2.04. The molecule has 21 heavy (non-hydrogen) atoms. The first kappa shape index (κ1) is 15.8. The lowest BCUT2D eigenvalue weighted by atomic mass is 10.2. The highest BCUT2D eigenvalue weighted by Crippen LogP contribution is 2.24. The first-order chi connectivity index (χ1) is 9.88. The van der Waals surface area contributed by atoms with E-state index in [2.05, 4.69) is 9.93 Å². The highest BCUT2D eigenvalue weighted by atomic mass is 35.5. The topological polar surface area (TPSA) is 58.5 Å². The van der Waals surface area contributed by atoms with Crippen LogP contribution < -0.4 is 4.83 Å². The van der Waals surface area contributed by atoms with Crippen molar-refractivity contribution in [1.82, 2.24) is 4.83 Å². The Bertz CT molecular complexity index is 772. The lowest BCUT2D eigenvalue weighted by Crippen LogP contribution is -2.18. The number of rotatable bonds is 4. The van der Waals surface area contributed by atoms with Gasteiger partial charge in [0.25, 0.3) is 10.0 Å². The average molecular weight is 343 g/mol. The van der Waals surface area contributed by atoms with Gasteiger partial charge in [-0.05, 0) is 30.7 Å². The fraction of sp³-hybridized carbons (Fsp3) is 0.0714. The molecule has 0 radical (unpaired) electrons. The van der Waals surface area contributed by atoms with Gasteiger partial charge >= 0.3 is 0 Å². The van der Waals surface area contributed by atoms with Crippen LogP contribution in [-0.4, -0.2) is 14.6 Å². The van der Waals surface area contributed by atoms with Crippen LogP contribution in [-0.2, 0) is 10.0 Å². The summed E-state index contributed by atoms with van der Waals surface area (Å²) in [6, 6.07) is 11.6. The van der Waals surface area contributed by atoms with Crippen LogP contribution in [0.5, 0.6) is 0 Å². The number of hydrazone groups is 1. The zero-order chi connectivity index (χ0) is 15.5. The summed E-state index contributed by atoms with van der Waals surface area (Å²) < 4.78 is 24.0. The fourth-order valence-electron chi connectivity index (χ4n) is 1.52. The average Bonchev–Trinajstić information content (AvgIpc) is 2.44. The molecular formula is C14H12Cl2N2O2S. The Hall–Kier alpha value is -1.56. The van der Waals surface area contributed by atoms with E-state index in [4.69, 9.17) is 23.2 Å². The third kappa shape index (κ3) is 4.20. The van der Waals surface area contributed by atoms with Gasteiger partial charge in [0.05, 0.1) is 21.2 Å². The summed E-state index contributed by atoms with van der Waals surface area (Å²) in [6.07, 6.45) is 1.43. The summed E-state index contributed by atoms with van der Waals surface area (Å²) in [4.78, 5) is 2.12. The molecule has 0 heterocycles. The van der Waals surface area contributed by atoms with E-state index in [-0.39, 0.29) is 9.92 Å². The van der Waals surface area contributed by atoms with E-state index in [0.717, 1.165) is 11.1 Å². The van der Waals surface area contributed by atoms with Gasteiger partial charge in [-0.2, -0.15) is 13.5 Å². The standard InChI is InChI=1S/C14H12Cl2N2O2S/c1-10-2-4-11(5-3-10)9-17-18-21(19,20)12-6-7-13(15)14(16)8-12/h2-9,18H,1H3/b17-9+. The Morgan fingerprint density at radius 3 is 2.33 bits per heavy atom. The zero-order valence-electron chi connectivity index (χ0n) is 11.0. The molecule has 0 amide bonds. The smallest absolute Gasteiger partial charge is 0.200 e. The summed E-state index contributed by atoms with van der Waals surface area (Å²) >= 11 is 11.6. The van der Waals surface area contributed by atoms with E-state index >= 15 is 0 Å². The van der Waals surface area contributed by atoms with Crippen LogP contribution in [0.4, 0.5) is 0 Å². The van der Waals surface area contributed by atoms with Crippen molar-refractivity contribution in [3.63, 3.8) is 0 Å². The van der Waals surface area contributed by atoms with E-state index in [1.807, 2.05) is 31.2 Å². The SMILES string of the molecule is Cc1ccc(/C=N/NS(=O)(=O)c2ccc(Cl)c(Cl)c2)cc1. The van der Waals surface area contributed by atoms with E-state index in [1.54, 1.807) is 0 Å². The van der Waals surface area contributed by atoms with Gasteiger partial charge in [-0.25, -0.2) is 4.83 Å². The molecule has 0 saturated carbocycles. The molecule has 0 aliphatic heterocycles. The Labute approximate surface area is 133 Å². The second kappa shape index (κ2) is 6.47. The second-order valence-corrected chi connectivity index (χ2v) is 6.81. The number of nitrogens with one attached hydrogen (secondary N) is 1. The van der Waals surface area contributed by atoms with Crippen molar-refractivity contribution in [2.24, 2.45) is 5.10 Å². The van der Waals surface area contributed by atoms with Gasteiger partial charge in [-0.3, -0.25) is 0 Å². The summed E-state index contributed by atoms with van der Waals surface area (Å²) in [5.74, 6) is 0. The predicted octanol–water partition coefficient (Wildman–Crippen LogP) is 3.61. The Morgan fingerprint density at radius 1 is 1.05 bits per heavy atom. The molecule has 7 heteroatoms. The molecule has 0 aliphatic carbocycles. The molecule has 0 atom stereocenters. The normalized spacial score (nSPS) is 11.8. The number of hydrogen-bond acceptors (Lipinski definition) is 3. The molecule has 0 bridgehead atoms. The van der Waals surface area contributed by atoms with Crippen LogP contribution in [0.2, 0.25) is 10.0 Å². The molecule has 0 saturated heterocycles. The number of benzene rings is 2. The number of halogens is 2. The molecule has 0 unspecified atom stereocenters. The van der Waals surface area contributed by atoms with Crippen LogP contribution >= 0.6 is 23.2 Å². The van der Waals surface area contributed by atoms with Crippen molar-refractivity contribution in [1.29, 1.82) is 0 Å². The summed E-state index contributed by atoms with van der Waals surface area (Å²) in [5, 5.41) is 4.19. The molecule has 2 rings (SSSR count). The fourth-order valence-corrected chi connectivity index (χ4v) is 2.70. The molecule has 1 N–H and O–H groups in total. The molecule has 110 valence electrons. The number of sulfonamides is 1. The zero-order valence-corrected chi connectivity index (χ0v) is 13.4. The van der Waals surface area contributed by atoms with Crippen molar-refractivity contribution in [3.8, 4) is 0 Å². The van der Waals surface area contributed by atoms with Gasteiger partial charge in [-0.1, -0.05) is 53.0 Å². The maximum atomic E-state index is 12.0. The van der Waals surface area contributed by atoms with Crippen molar-refractivity contribution in [3.05, 3.63) is 63.6 Å². The Balaban J connectivity index is 2.14. The van der Waals surface area contributed by atoms with E-state index in [9.17, 15) is 8.42 Å². The first-order valence-corrected chi connectivity index (χ1v) is 8.19. The molecule has 0 aliphatic rings. The Kier molecular flexibility index (Phi) is 4.88. The van der Waals surface area contributed by atoms with Gasteiger partial charge in [0.1, 0.15) is 0 Å². The van der Waals surface area contributed by atoms with Gasteiger partial charge in [0.15, 0.2) is 0 Å². The summed E-state index contributed by atoms with van der Waals surface area (Å²) in [5.41, 5.74) is 1.90. The quantitative estimate of drug-likeness (QED) is 0.681. The van der Waals surface area contributed by atoms with E-state index in [0.29, 0.717) is 5.02 Å². The summed E-state index contributed by atoms with van der Waals surface area (Å²) in [7, 11) is -3.77. The molecule has 0 spiro atoms. The maximum Gasteiger partial charge on any atom is 0.276 e. The van der Waals surface area contributed by atoms with Crippen LogP contribution in [0.25, 0.3) is 0 Å². The Morgan fingerprint density at radius 2 is 1.71 bits per heavy atom. The molecule has 4 nitrogen and oxygen atoms in total. The van der Waals surface area contributed by atoms with Crippen molar-refractivity contribution in [2.75, 3.05) is 0 Å². The van der Waals surface area contributed by atoms with Crippen LogP contribution in [0.15, 0.2) is 52.5 Å². The van der Waals surface area contributed by atoms with Gasteiger partial charge < -0.3 is 0 Å². The largest absolute Gasteiger partial charge is 0.276 e. The molecule has 2 aromatic rings. The van der Waals surface area contributed by atoms with Gasteiger partial charge in [0, 0.05) is 0 Å². The number of aryl methyl sites for hydroxylation is 1. The van der Waals surface area contributed by atoms with Crippen molar-refractivity contribution >= 4 is 39.4 Å². The van der Waals surface area contributed by atoms with Crippen LogP contribution in [0.1, 0.15) is 11.1 Å². The van der Waals surface area contributed by atoms with Gasteiger partial charge in [0.2, 0.25) is 0 Å². The first-order valence-electron chi connectivity index (χ1n) is 5.95. The summed E-state index contributed by atoms with van der Waals surface area (Å²) in [6.45, 7) is 1.97. The van der Waals surface area contributed by atoms with Crippen molar-refractivity contribution < 1.29 is 8.42 Å². The number of nitrogens with zero attached hydrogens (tertiary/aromatic N) is 1. The maximum absolute atomic E-state index is 12.0. The van der Waals surface area contributed by atoms with Gasteiger partial charge in [-0.15, -0.1) is 0 Å². The monoisotopic (exact) mass is 342 g/mol. The lowest BCUT2D eigenvalue weighted by molar-refractivity contribution is 0.584. The molecular weight excluding hydrogens is 331 g/mol. The molecule has 2 aromatic carbocycles. The highest BCUT2D eigenvalue weighted by molar-refractivity contribution is 7.89. The minimum Gasteiger partial charge on any atom is -0.200 e. The van der Waals surface area contributed by atoms with Crippen molar-refractivity contribution in [2.45, 2.75) is 11.8 Å². The highest BCUT2D eigenvalue weighted by Gasteiger charge is 2.14. The minimum atomic E-state index is -3.77. The molecule has 0 fully saturated rings. The predicted molar refractivity (Wildman–Crippen MR) is 85.6 cm³/mol. The van der Waals surface area contributed by atoms with E-state index in [1.165, 1.54) is 24.4 Å². The minimum absolute atomic E-state index is 0.00189.